The molecule has 6 nitrogen and oxygen atoms in total. The highest BCUT2D eigenvalue weighted by Gasteiger charge is 2.16. The zero-order valence-electron chi connectivity index (χ0n) is 14.1. The van der Waals surface area contributed by atoms with E-state index in [4.69, 9.17) is 16.3 Å². The standard InChI is InChI=1S/C18H21ClN4O2/c1-25-16-8-7-12(19)11-15(16)22-17(24)14-9-10-20-18(23-14)21-13-5-3-2-4-6-13/h7-11,13H,2-6H2,1H3,(H,22,24)(H,20,21,23). The molecule has 25 heavy (non-hydrogen) atoms. The highest BCUT2D eigenvalue weighted by molar-refractivity contribution is 6.31. The first-order chi connectivity index (χ1) is 12.2. The molecule has 3 rings (SSSR count). The summed E-state index contributed by atoms with van der Waals surface area (Å²) in [6.45, 7) is 0. The summed E-state index contributed by atoms with van der Waals surface area (Å²) in [7, 11) is 1.54. The van der Waals surface area contributed by atoms with Crippen LogP contribution in [-0.2, 0) is 0 Å². The number of ether oxygens (including phenoxy) is 1. The number of methoxy groups -OCH3 is 1. The van der Waals surface area contributed by atoms with Crippen LogP contribution in [0.5, 0.6) is 5.75 Å². The minimum Gasteiger partial charge on any atom is -0.495 e. The predicted octanol–water partition coefficient (Wildman–Crippen LogP) is 4.14. The van der Waals surface area contributed by atoms with Crippen LogP contribution in [0.25, 0.3) is 0 Å². The molecule has 2 N–H and O–H groups in total. The second-order valence-electron chi connectivity index (χ2n) is 6.04. The Bertz CT molecular complexity index is 748. The van der Waals surface area contributed by atoms with Gasteiger partial charge in [-0.1, -0.05) is 30.9 Å². The first-order valence-electron chi connectivity index (χ1n) is 8.40. The molecule has 132 valence electrons. The maximum Gasteiger partial charge on any atom is 0.274 e. The Morgan fingerprint density at radius 2 is 2.04 bits per heavy atom. The van der Waals surface area contributed by atoms with E-state index in [1.54, 1.807) is 30.5 Å². The van der Waals surface area contributed by atoms with Crippen LogP contribution in [0.1, 0.15) is 42.6 Å². The van der Waals surface area contributed by atoms with E-state index in [0.29, 0.717) is 28.4 Å². The van der Waals surface area contributed by atoms with Crippen LogP contribution in [-0.4, -0.2) is 29.0 Å². The van der Waals surface area contributed by atoms with E-state index < -0.39 is 0 Å². The van der Waals surface area contributed by atoms with Gasteiger partial charge < -0.3 is 15.4 Å². The van der Waals surface area contributed by atoms with Gasteiger partial charge in [0, 0.05) is 17.3 Å². The van der Waals surface area contributed by atoms with Gasteiger partial charge >= 0.3 is 0 Å². The van der Waals surface area contributed by atoms with E-state index in [0.717, 1.165) is 12.8 Å². The molecule has 1 aromatic carbocycles. The highest BCUT2D eigenvalue weighted by Crippen LogP contribution is 2.28. The Labute approximate surface area is 152 Å². The van der Waals surface area contributed by atoms with Gasteiger partial charge in [-0.05, 0) is 37.1 Å². The van der Waals surface area contributed by atoms with Crippen molar-refractivity contribution in [2.24, 2.45) is 0 Å². The lowest BCUT2D eigenvalue weighted by molar-refractivity contribution is 0.102. The summed E-state index contributed by atoms with van der Waals surface area (Å²) in [5.74, 6) is 0.680. The largest absolute Gasteiger partial charge is 0.495 e. The smallest absolute Gasteiger partial charge is 0.274 e. The molecule has 0 radical (unpaired) electrons. The third kappa shape index (κ3) is 4.60. The molecule has 1 saturated carbocycles. The number of anilines is 2. The number of carbonyl (C=O) groups is 1. The normalized spacial score (nSPS) is 14.8. The zero-order chi connectivity index (χ0) is 17.6. The molecule has 1 aliphatic rings. The van der Waals surface area contributed by atoms with Gasteiger partial charge in [0.25, 0.3) is 5.91 Å². The quantitative estimate of drug-likeness (QED) is 0.838. The van der Waals surface area contributed by atoms with Crippen LogP contribution in [0.2, 0.25) is 5.02 Å². The Morgan fingerprint density at radius 3 is 2.80 bits per heavy atom. The molecular weight excluding hydrogens is 340 g/mol. The monoisotopic (exact) mass is 360 g/mol. The van der Waals surface area contributed by atoms with Crippen LogP contribution >= 0.6 is 11.6 Å². The average Bonchev–Trinajstić information content (AvgIpc) is 2.63. The third-order valence-corrected chi connectivity index (χ3v) is 4.47. The molecule has 0 saturated heterocycles. The van der Waals surface area contributed by atoms with Gasteiger partial charge in [0.15, 0.2) is 0 Å². The number of rotatable bonds is 5. The third-order valence-electron chi connectivity index (χ3n) is 4.24. The van der Waals surface area contributed by atoms with Crippen molar-refractivity contribution in [2.75, 3.05) is 17.7 Å². The van der Waals surface area contributed by atoms with Gasteiger partial charge in [-0.25, -0.2) is 9.97 Å². The van der Waals surface area contributed by atoms with Crippen molar-refractivity contribution in [3.63, 3.8) is 0 Å². The van der Waals surface area contributed by atoms with Crippen molar-refractivity contribution in [1.82, 2.24) is 9.97 Å². The van der Waals surface area contributed by atoms with E-state index in [-0.39, 0.29) is 11.6 Å². The van der Waals surface area contributed by atoms with Crippen LogP contribution in [0.15, 0.2) is 30.5 Å². The first kappa shape index (κ1) is 17.5. The summed E-state index contributed by atoms with van der Waals surface area (Å²) in [6.07, 6.45) is 7.52. The molecule has 0 aliphatic heterocycles. The number of carbonyl (C=O) groups excluding carboxylic acids is 1. The number of nitrogens with one attached hydrogen (secondary N) is 2. The summed E-state index contributed by atoms with van der Waals surface area (Å²) in [4.78, 5) is 21.1. The molecule has 7 heteroatoms. The van der Waals surface area contributed by atoms with Crippen molar-refractivity contribution in [3.05, 3.63) is 41.2 Å². The number of benzene rings is 1. The zero-order valence-corrected chi connectivity index (χ0v) is 14.8. The van der Waals surface area contributed by atoms with E-state index in [2.05, 4.69) is 20.6 Å². The van der Waals surface area contributed by atoms with Gasteiger partial charge in [0.2, 0.25) is 5.95 Å². The summed E-state index contributed by atoms with van der Waals surface area (Å²) in [5, 5.41) is 6.62. The van der Waals surface area contributed by atoms with Crippen molar-refractivity contribution in [2.45, 2.75) is 38.1 Å². The number of halogens is 1. The average molecular weight is 361 g/mol. The van der Waals surface area contributed by atoms with Crippen molar-refractivity contribution in [1.29, 1.82) is 0 Å². The molecule has 1 fully saturated rings. The summed E-state index contributed by atoms with van der Waals surface area (Å²) in [5.41, 5.74) is 0.788. The Balaban J connectivity index is 1.72. The van der Waals surface area contributed by atoms with Crippen LogP contribution in [0.4, 0.5) is 11.6 Å². The fourth-order valence-corrected chi connectivity index (χ4v) is 3.12. The van der Waals surface area contributed by atoms with Gasteiger partial charge in [0.1, 0.15) is 11.4 Å². The van der Waals surface area contributed by atoms with E-state index in [1.165, 1.54) is 26.4 Å². The second-order valence-corrected chi connectivity index (χ2v) is 6.48. The Morgan fingerprint density at radius 1 is 1.24 bits per heavy atom. The van der Waals surface area contributed by atoms with Crippen molar-refractivity contribution >= 4 is 29.1 Å². The predicted molar refractivity (Wildman–Crippen MR) is 98.5 cm³/mol. The van der Waals surface area contributed by atoms with Crippen LogP contribution in [0.3, 0.4) is 0 Å². The number of nitrogens with zero attached hydrogens (tertiary/aromatic N) is 2. The number of hydrogen-bond donors (Lipinski definition) is 2. The molecule has 1 aliphatic carbocycles. The minimum atomic E-state index is -0.338. The van der Waals surface area contributed by atoms with E-state index in [1.807, 2.05) is 0 Å². The van der Waals surface area contributed by atoms with Gasteiger partial charge in [-0.3, -0.25) is 4.79 Å². The molecule has 2 aromatic rings. The number of aromatic nitrogens is 2. The Kier molecular flexibility index (Phi) is 5.71. The summed E-state index contributed by atoms with van der Waals surface area (Å²) < 4.78 is 5.24. The number of hydrogen-bond acceptors (Lipinski definition) is 5. The number of amides is 1. The highest BCUT2D eigenvalue weighted by atomic mass is 35.5. The van der Waals surface area contributed by atoms with Gasteiger partial charge in [-0.2, -0.15) is 0 Å². The molecule has 1 amide bonds. The molecular formula is C18H21ClN4O2. The molecule has 1 aromatic heterocycles. The van der Waals surface area contributed by atoms with Crippen molar-refractivity contribution < 1.29 is 9.53 Å². The first-order valence-corrected chi connectivity index (χ1v) is 8.78. The summed E-state index contributed by atoms with van der Waals surface area (Å²) >= 11 is 5.99. The fourth-order valence-electron chi connectivity index (χ4n) is 2.95. The maximum atomic E-state index is 12.5. The molecule has 0 bridgehead atoms. The summed E-state index contributed by atoms with van der Waals surface area (Å²) in [6, 6.07) is 7.00. The lowest BCUT2D eigenvalue weighted by Crippen LogP contribution is -2.24. The fraction of sp³-hybridized carbons (Fsp3) is 0.389. The minimum absolute atomic E-state index is 0.287. The van der Waals surface area contributed by atoms with Crippen LogP contribution < -0.4 is 15.4 Å². The second kappa shape index (κ2) is 8.16. The van der Waals surface area contributed by atoms with Crippen molar-refractivity contribution in [3.8, 4) is 5.75 Å². The molecule has 0 spiro atoms. The topological polar surface area (TPSA) is 76.1 Å². The Hall–Kier alpha value is -2.34. The lowest BCUT2D eigenvalue weighted by Gasteiger charge is -2.22. The van der Waals surface area contributed by atoms with E-state index >= 15 is 0 Å². The molecule has 0 atom stereocenters. The SMILES string of the molecule is COc1ccc(Cl)cc1NC(=O)c1ccnc(NC2CCCCC2)n1. The lowest BCUT2D eigenvalue weighted by atomic mass is 9.96. The molecule has 0 unspecified atom stereocenters. The van der Waals surface area contributed by atoms with Gasteiger partial charge in [-0.15, -0.1) is 0 Å². The van der Waals surface area contributed by atoms with Gasteiger partial charge in [0.05, 0.1) is 12.8 Å². The van der Waals surface area contributed by atoms with E-state index in [9.17, 15) is 4.79 Å². The maximum absolute atomic E-state index is 12.5. The molecule has 1 heterocycles. The van der Waals surface area contributed by atoms with Crippen LogP contribution in [0, 0.1) is 0 Å².